The number of nitrogens with two attached hydrogens (primary N) is 1. The van der Waals surface area contributed by atoms with Crippen molar-refractivity contribution in [3.63, 3.8) is 0 Å². The summed E-state index contributed by atoms with van der Waals surface area (Å²) in [5.41, 5.74) is 7.06. The van der Waals surface area contributed by atoms with Crippen LogP contribution in [0.4, 0.5) is 5.00 Å². The van der Waals surface area contributed by atoms with E-state index < -0.39 is 11.8 Å². The van der Waals surface area contributed by atoms with Gasteiger partial charge in [-0.15, -0.1) is 11.3 Å². The van der Waals surface area contributed by atoms with Gasteiger partial charge in [0.05, 0.1) is 5.56 Å². The molecule has 0 fully saturated rings. The smallest absolute Gasteiger partial charge is 0.274 e. The molecule has 0 radical (unpaired) electrons. The van der Waals surface area contributed by atoms with E-state index in [1.54, 1.807) is 18.2 Å². The highest BCUT2D eigenvalue weighted by atomic mass is 35.5. The molecule has 2 amide bonds. The molecule has 1 aliphatic carbocycles. The molecule has 21 heavy (non-hydrogen) atoms. The van der Waals surface area contributed by atoms with Crippen LogP contribution in [0.1, 0.15) is 37.7 Å². The topological polar surface area (TPSA) is 85.1 Å². The van der Waals surface area contributed by atoms with Crippen LogP contribution in [0.15, 0.2) is 18.2 Å². The normalized spacial score (nSPS) is 13.0. The van der Waals surface area contributed by atoms with E-state index in [-0.39, 0.29) is 10.8 Å². The van der Waals surface area contributed by atoms with E-state index in [0.717, 1.165) is 29.7 Å². The average Bonchev–Trinajstić information content (AvgIpc) is 2.98. The molecule has 2 heterocycles. The van der Waals surface area contributed by atoms with Crippen molar-refractivity contribution in [3.8, 4) is 0 Å². The molecule has 2 aromatic rings. The number of aryl methyl sites for hydroxylation is 1. The Bertz CT molecular complexity index is 742. The first kappa shape index (κ1) is 14.0. The molecule has 1 aliphatic rings. The maximum absolute atomic E-state index is 12.2. The summed E-state index contributed by atoms with van der Waals surface area (Å²) in [5.74, 6) is -0.913. The van der Waals surface area contributed by atoms with Crippen LogP contribution in [0.2, 0.25) is 5.15 Å². The van der Waals surface area contributed by atoms with Gasteiger partial charge in [0.2, 0.25) is 0 Å². The summed E-state index contributed by atoms with van der Waals surface area (Å²) < 4.78 is 0. The third-order valence-corrected chi connectivity index (χ3v) is 4.76. The Labute approximate surface area is 130 Å². The van der Waals surface area contributed by atoms with Crippen molar-refractivity contribution in [3.05, 3.63) is 45.1 Å². The van der Waals surface area contributed by atoms with Crippen molar-refractivity contribution in [2.45, 2.75) is 19.3 Å². The minimum Gasteiger partial charge on any atom is -0.365 e. The zero-order valence-corrected chi connectivity index (χ0v) is 12.6. The van der Waals surface area contributed by atoms with Crippen molar-refractivity contribution >= 4 is 39.8 Å². The number of halogens is 1. The van der Waals surface area contributed by atoms with Crippen LogP contribution in [0.3, 0.4) is 0 Å². The fourth-order valence-electron chi connectivity index (χ4n) is 2.45. The van der Waals surface area contributed by atoms with E-state index in [2.05, 4.69) is 10.3 Å². The molecule has 3 N–H and O–H groups in total. The Balaban J connectivity index is 1.92. The van der Waals surface area contributed by atoms with Gasteiger partial charge in [0, 0.05) is 4.88 Å². The summed E-state index contributed by atoms with van der Waals surface area (Å²) in [6, 6.07) is 4.80. The summed E-state index contributed by atoms with van der Waals surface area (Å²) in [4.78, 5) is 28.9. The van der Waals surface area contributed by atoms with Crippen LogP contribution in [0.5, 0.6) is 0 Å². The molecule has 0 saturated heterocycles. The predicted molar refractivity (Wildman–Crippen MR) is 82.1 cm³/mol. The molecule has 0 saturated carbocycles. The second-order valence-electron chi connectivity index (χ2n) is 4.73. The molecule has 0 bridgehead atoms. The Kier molecular flexibility index (Phi) is 3.65. The fourth-order valence-corrected chi connectivity index (χ4v) is 3.91. The molecule has 5 nitrogen and oxygen atoms in total. The van der Waals surface area contributed by atoms with Crippen molar-refractivity contribution in [1.82, 2.24) is 4.98 Å². The van der Waals surface area contributed by atoms with Crippen molar-refractivity contribution in [2.24, 2.45) is 5.73 Å². The minimum atomic E-state index is -0.510. The lowest BCUT2D eigenvalue weighted by Gasteiger charge is -2.05. The number of pyridine rings is 1. The van der Waals surface area contributed by atoms with Gasteiger partial charge in [0.25, 0.3) is 11.8 Å². The van der Waals surface area contributed by atoms with Crippen LogP contribution >= 0.6 is 22.9 Å². The summed E-state index contributed by atoms with van der Waals surface area (Å²) in [6.45, 7) is 0. The summed E-state index contributed by atoms with van der Waals surface area (Å²) in [7, 11) is 0. The Morgan fingerprint density at radius 2 is 2.14 bits per heavy atom. The monoisotopic (exact) mass is 321 g/mol. The minimum absolute atomic E-state index is 0.200. The van der Waals surface area contributed by atoms with Crippen molar-refractivity contribution < 1.29 is 9.59 Å². The zero-order valence-electron chi connectivity index (χ0n) is 11.0. The quantitative estimate of drug-likeness (QED) is 0.852. The number of amides is 2. The van der Waals surface area contributed by atoms with E-state index in [0.29, 0.717) is 10.6 Å². The fraction of sp³-hybridized carbons (Fsp3) is 0.214. The SMILES string of the molecule is NC(=O)c1c(NC(=O)c2cccc(Cl)n2)sc2c1CCC2. The standard InChI is InChI=1S/C14H12ClN3O2S/c15-10-6-2-4-8(17-10)13(20)18-14-11(12(16)19)7-3-1-5-9(7)21-14/h2,4,6H,1,3,5H2,(H2,16,19)(H,18,20). The number of thiophene rings is 1. The Hall–Kier alpha value is -1.92. The highest BCUT2D eigenvalue weighted by molar-refractivity contribution is 7.17. The molecule has 3 rings (SSSR count). The molecule has 0 atom stereocenters. The highest BCUT2D eigenvalue weighted by Gasteiger charge is 2.26. The van der Waals surface area contributed by atoms with Crippen LogP contribution in [-0.4, -0.2) is 16.8 Å². The number of hydrogen-bond donors (Lipinski definition) is 2. The lowest BCUT2D eigenvalue weighted by atomic mass is 10.1. The Morgan fingerprint density at radius 1 is 1.33 bits per heavy atom. The molecule has 108 valence electrons. The average molecular weight is 322 g/mol. The van der Waals surface area contributed by atoms with Gasteiger partial charge in [0.1, 0.15) is 15.8 Å². The maximum atomic E-state index is 12.2. The summed E-state index contributed by atoms with van der Waals surface area (Å²) >= 11 is 7.18. The van der Waals surface area contributed by atoms with Crippen molar-refractivity contribution in [2.75, 3.05) is 5.32 Å². The first-order valence-corrected chi connectivity index (χ1v) is 7.64. The lowest BCUT2D eigenvalue weighted by Crippen LogP contribution is -2.18. The number of fused-ring (bicyclic) bond motifs is 1. The summed E-state index contributed by atoms with van der Waals surface area (Å²) in [6.07, 6.45) is 2.77. The first-order chi connectivity index (χ1) is 10.1. The predicted octanol–water partition coefficient (Wildman–Crippen LogP) is 2.64. The van der Waals surface area contributed by atoms with E-state index in [1.165, 1.54) is 11.3 Å². The number of hydrogen-bond acceptors (Lipinski definition) is 4. The van der Waals surface area contributed by atoms with E-state index in [9.17, 15) is 9.59 Å². The number of anilines is 1. The van der Waals surface area contributed by atoms with Crippen LogP contribution in [0.25, 0.3) is 0 Å². The van der Waals surface area contributed by atoms with Gasteiger partial charge in [-0.2, -0.15) is 0 Å². The van der Waals surface area contributed by atoms with Crippen molar-refractivity contribution in [1.29, 1.82) is 0 Å². The second kappa shape index (κ2) is 5.46. The molecule has 0 unspecified atom stereocenters. The van der Waals surface area contributed by atoms with E-state index in [1.807, 2.05) is 0 Å². The van der Waals surface area contributed by atoms with Gasteiger partial charge in [-0.3, -0.25) is 9.59 Å². The van der Waals surface area contributed by atoms with E-state index >= 15 is 0 Å². The van der Waals surface area contributed by atoms with Gasteiger partial charge >= 0.3 is 0 Å². The number of primary amides is 1. The molecule has 7 heteroatoms. The van der Waals surface area contributed by atoms with Gasteiger partial charge < -0.3 is 11.1 Å². The second-order valence-corrected chi connectivity index (χ2v) is 6.22. The number of rotatable bonds is 3. The first-order valence-electron chi connectivity index (χ1n) is 6.44. The molecule has 0 aliphatic heterocycles. The Morgan fingerprint density at radius 3 is 2.86 bits per heavy atom. The highest BCUT2D eigenvalue weighted by Crippen LogP contribution is 2.38. The number of carbonyl (C=O) groups excluding carboxylic acids is 2. The third kappa shape index (κ3) is 2.64. The van der Waals surface area contributed by atoms with Gasteiger partial charge in [-0.25, -0.2) is 4.98 Å². The number of nitrogens with zero attached hydrogens (tertiary/aromatic N) is 1. The molecule has 0 aromatic carbocycles. The van der Waals surface area contributed by atoms with Gasteiger partial charge in [-0.1, -0.05) is 17.7 Å². The van der Waals surface area contributed by atoms with Crippen LogP contribution in [-0.2, 0) is 12.8 Å². The van der Waals surface area contributed by atoms with Crippen LogP contribution < -0.4 is 11.1 Å². The molecular weight excluding hydrogens is 310 g/mol. The largest absolute Gasteiger partial charge is 0.365 e. The summed E-state index contributed by atoms with van der Waals surface area (Å²) in [5, 5.41) is 3.46. The number of nitrogens with one attached hydrogen (secondary N) is 1. The number of aromatic nitrogens is 1. The molecule has 0 spiro atoms. The number of carbonyl (C=O) groups is 2. The zero-order chi connectivity index (χ0) is 15.0. The van der Waals surface area contributed by atoms with Crippen LogP contribution in [0, 0.1) is 0 Å². The molecule has 2 aromatic heterocycles. The third-order valence-electron chi connectivity index (χ3n) is 3.34. The molecular formula is C14H12ClN3O2S. The van der Waals surface area contributed by atoms with Gasteiger partial charge in [-0.05, 0) is 37.0 Å². The lowest BCUT2D eigenvalue weighted by molar-refractivity contribution is 0.100. The maximum Gasteiger partial charge on any atom is 0.274 e. The van der Waals surface area contributed by atoms with Gasteiger partial charge in [0.15, 0.2) is 0 Å². The van der Waals surface area contributed by atoms with E-state index in [4.69, 9.17) is 17.3 Å².